The van der Waals surface area contributed by atoms with Crippen molar-refractivity contribution in [1.82, 2.24) is 10.2 Å². The van der Waals surface area contributed by atoms with E-state index < -0.39 is 11.8 Å². The number of rotatable bonds is 3. The molecule has 2 aromatic rings. The Morgan fingerprint density at radius 3 is 2.95 bits per heavy atom. The highest BCUT2D eigenvalue weighted by atomic mass is 19.1. The molecule has 0 bridgehead atoms. The van der Waals surface area contributed by atoms with Crippen LogP contribution in [0.3, 0.4) is 0 Å². The molecule has 0 fully saturated rings. The molecule has 1 aromatic heterocycles. The van der Waals surface area contributed by atoms with E-state index in [4.69, 9.17) is 10.00 Å². The number of ether oxygens (including phenoxy) is 1. The van der Waals surface area contributed by atoms with Gasteiger partial charge in [-0.3, -0.25) is 5.10 Å². The summed E-state index contributed by atoms with van der Waals surface area (Å²) in [5.74, 6) is -1.20. The Hall–Kier alpha value is -2.68. The summed E-state index contributed by atoms with van der Waals surface area (Å²) in [6, 6.07) is 6.04. The van der Waals surface area contributed by atoms with Crippen LogP contribution in [0.5, 0.6) is 0 Å². The van der Waals surface area contributed by atoms with Crippen molar-refractivity contribution in [2.75, 3.05) is 6.61 Å². The quantitative estimate of drug-likeness (QED) is 0.872. The van der Waals surface area contributed by atoms with Gasteiger partial charge in [0.15, 0.2) is 0 Å². The normalized spacial score (nSPS) is 10.1. The molecule has 0 radical (unpaired) electrons. The number of carbonyl (C=O) groups is 1. The fourth-order valence-corrected chi connectivity index (χ4v) is 1.94. The van der Waals surface area contributed by atoms with E-state index in [2.05, 4.69) is 10.2 Å². The molecule has 2 rings (SSSR count). The van der Waals surface area contributed by atoms with Crippen molar-refractivity contribution in [3.63, 3.8) is 0 Å². The molecular formula is C14H12FN3O2. The van der Waals surface area contributed by atoms with E-state index >= 15 is 0 Å². The van der Waals surface area contributed by atoms with Crippen LogP contribution in [0.15, 0.2) is 18.2 Å². The van der Waals surface area contributed by atoms with Crippen LogP contribution in [-0.4, -0.2) is 22.8 Å². The van der Waals surface area contributed by atoms with Crippen molar-refractivity contribution in [3.05, 3.63) is 40.8 Å². The lowest BCUT2D eigenvalue weighted by Crippen LogP contribution is -2.07. The van der Waals surface area contributed by atoms with Crippen molar-refractivity contribution in [1.29, 1.82) is 5.26 Å². The standard InChI is InChI=1S/C14H12FN3O2/c1-3-20-14(19)11-8(2)17-18-13(11)12-9(7-16)5-4-6-10(12)15/h4-6H,3H2,1-2H3,(H,17,18). The van der Waals surface area contributed by atoms with Gasteiger partial charge in [-0.1, -0.05) is 6.07 Å². The number of nitriles is 1. The fourth-order valence-electron chi connectivity index (χ4n) is 1.94. The zero-order valence-electron chi connectivity index (χ0n) is 11.0. The SMILES string of the molecule is CCOC(=O)c1c(C)n[nH]c1-c1c(F)cccc1C#N. The Bertz CT molecular complexity index is 701. The third-order valence-corrected chi connectivity index (χ3v) is 2.81. The van der Waals surface area contributed by atoms with E-state index in [-0.39, 0.29) is 29.0 Å². The van der Waals surface area contributed by atoms with Crippen molar-refractivity contribution in [2.24, 2.45) is 0 Å². The first kappa shape index (κ1) is 13.7. The minimum Gasteiger partial charge on any atom is -0.462 e. The lowest BCUT2D eigenvalue weighted by atomic mass is 10.0. The summed E-state index contributed by atoms with van der Waals surface area (Å²) >= 11 is 0. The molecule has 6 heteroatoms. The van der Waals surface area contributed by atoms with Gasteiger partial charge < -0.3 is 4.74 Å². The molecule has 1 heterocycles. The highest BCUT2D eigenvalue weighted by molar-refractivity contribution is 5.98. The second-order valence-corrected chi connectivity index (χ2v) is 4.05. The third kappa shape index (κ3) is 2.26. The van der Waals surface area contributed by atoms with E-state index in [0.717, 1.165) is 0 Å². The topological polar surface area (TPSA) is 78.8 Å². The molecule has 0 saturated carbocycles. The largest absolute Gasteiger partial charge is 0.462 e. The average Bonchev–Trinajstić information content (AvgIpc) is 2.80. The predicted molar refractivity (Wildman–Crippen MR) is 69.4 cm³/mol. The van der Waals surface area contributed by atoms with E-state index in [1.54, 1.807) is 13.8 Å². The first-order valence-electron chi connectivity index (χ1n) is 6.01. The Balaban J connectivity index is 2.67. The Morgan fingerprint density at radius 1 is 1.55 bits per heavy atom. The molecule has 20 heavy (non-hydrogen) atoms. The van der Waals surface area contributed by atoms with Crippen LogP contribution >= 0.6 is 0 Å². The maximum atomic E-state index is 14.0. The number of hydrogen-bond donors (Lipinski definition) is 1. The van der Waals surface area contributed by atoms with Gasteiger partial charge in [-0.05, 0) is 26.0 Å². The molecule has 0 aliphatic heterocycles. The van der Waals surface area contributed by atoms with E-state index in [0.29, 0.717) is 5.69 Å². The van der Waals surface area contributed by atoms with Crippen molar-refractivity contribution >= 4 is 5.97 Å². The molecule has 0 spiro atoms. The van der Waals surface area contributed by atoms with Crippen LogP contribution in [0.4, 0.5) is 4.39 Å². The minimum atomic E-state index is -0.599. The van der Waals surface area contributed by atoms with Crippen molar-refractivity contribution in [3.8, 4) is 17.3 Å². The van der Waals surface area contributed by atoms with Crippen LogP contribution in [0.25, 0.3) is 11.3 Å². The van der Waals surface area contributed by atoms with E-state index in [1.165, 1.54) is 18.2 Å². The number of esters is 1. The van der Waals surface area contributed by atoms with E-state index in [9.17, 15) is 9.18 Å². The Kier molecular flexibility index (Phi) is 3.80. The monoisotopic (exact) mass is 273 g/mol. The number of aryl methyl sites for hydroxylation is 1. The van der Waals surface area contributed by atoms with Crippen molar-refractivity contribution in [2.45, 2.75) is 13.8 Å². The number of hydrogen-bond acceptors (Lipinski definition) is 4. The molecule has 0 aliphatic rings. The molecule has 5 nitrogen and oxygen atoms in total. The summed E-state index contributed by atoms with van der Waals surface area (Å²) in [6.07, 6.45) is 0. The Labute approximate surface area is 115 Å². The molecular weight excluding hydrogens is 261 g/mol. The molecule has 1 aromatic carbocycles. The predicted octanol–water partition coefficient (Wildman–Crippen LogP) is 2.57. The summed E-state index contributed by atoms with van der Waals surface area (Å²) in [7, 11) is 0. The van der Waals surface area contributed by atoms with Gasteiger partial charge in [0.25, 0.3) is 0 Å². The summed E-state index contributed by atoms with van der Waals surface area (Å²) in [5, 5.41) is 15.6. The van der Waals surface area contributed by atoms with Crippen LogP contribution < -0.4 is 0 Å². The van der Waals surface area contributed by atoms with Crippen LogP contribution in [-0.2, 0) is 4.74 Å². The molecule has 0 saturated heterocycles. The van der Waals surface area contributed by atoms with Crippen LogP contribution in [0.2, 0.25) is 0 Å². The first-order valence-corrected chi connectivity index (χ1v) is 6.01. The summed E-state index contributed by atoms with van der Waals surface area (Å²) in [5.41, 5.74) is 0.854. The third-order valence-electron chi connectivity index (χ3n) is 2.81. The van der Waals surface area contributed by atoms with Gasteiger partial charge >= 0.3 is 5.97 Å². The summed E-state index contributed by atoms with van der Waals surface area (Å²) in [4.78, 5) is 11.9. The molecule has 0 aliphatic carbocycles. The smallest absolute Gasteiger partial charge is 0.342 e. The average molecular weight is 273 g/mol. The number of nitrogens with zero attached hydrogens (tertiary/aromatic N) is 2. The van der Waals surface area contributed by atoms with Gasteiger partial charge in [-0.2, -0.15) is 10.4 Å². The van der Waals surface area contributed by atoms with Gasteiger partial charge in [-0.15, -0.1) is 0 Å². The highest BCUT2D eigenvalue weighted by Gasteiger charge is 2.24. The van der Waals surface area contributed by atoms with Gasteiger partial charge in [0, 0.05) is 0 Å². The zero-order chi connectivity index (χ0) is 14.7. The second kappa shape index (κ2) is 5.53. The molecule has 1 N–H and O–H groups in total. The second-order valence-electron chi connectivity index (χ2n) is 4.05. The maximum absolute atomic E-state index is 14.0. The zero-order valence-corrected chi connectivity index (χ0v) is 11.0. The van der Waals surface area contributed by atoms with Crippen molar-refractivity contribution < 1.29 is 13.9 Å². The number of nitrogens with one attached hydrogen (secondary N) is 1. The first-order chi connectivity index (χ1) is 9.60. The van der Waals surface area contributed by atoms with Gasteiger partial charge in [0.05, 0.1) is 35.2 Å². The molecule has 102 valence electrons. The van der Waals surface area contributed by atoms with Gasteiger partial charge in [0.2, 0.25) is 0 Å². The summed E-state index contributed by atoms with van der Waals surface area (Å²) in [6.45, 7) is 3.49. The molecule has 0 amide bonds. The fraction of sp³-hybridized carbons (Fsp3) is 0.214. The molecule has 0 atom stereocenters. The number of aromatic amines is 1. The van der Waals surface area contributed by atoms with Crippen LogP contribution in [0, 0.1) is 24.1 Å². The Morgan fingerprint density at radius 2 is 2.30 bits per heavy atom. The number of aromatic nitrogens is 2. The van der Waals surface area contributed by atoms with Crippen LogP contribution in [0.1, 0.15) is 28.5 Å². The number of halogens is 1. The summed E-state index contributed by atoms with van der Waals surface area (Å²) < 4.78 is 18.9. The molecule has 0 unspecified atom stereocenters. The van der Waals surface area contributed by atoms with Gasteiger partial charge in [0.1, 0.15) is 11.4 Å². The van der Waals surface area contributed by atoms with Gasteiger partial charge in [-0.25, -0.2) is 9.18 Å². The maximum Gasteiger partial charge on any atom is 0.342 e. The number of carbonyl (C=O) groups excluding carboxylic acids is 1. The lowest BCUT2D eigenvalue weighted by Gasteiger charge is -2.07. The number of benzene rings is 1. The lowest BCUT2D eigenvalue weighted by molar-refractivity contribution is 0.0526. The van der Waals surface area contributed by atoms with E-state index in [1.807, 2.05) is 6.07 Å². The highest BCUT2D eigenvalue weighted by Crippen LogP contribution is 2.29. The minimum absolute atomic E-state index is 0.0265. The number of H-pyrrole nitrogens is 1.